The highest BCUT2D eigenvalue weighted by Gasteiger charge is 2.18. The van der Waals surface area contributed by atoms with Gasteiger partial charge in [0.25, 0.3) is 5.91 Å². The molecule has 4 nitrogen and oxygen atoms in total. The smallest absolute Gasteiger partial charge is 0.259 e. The number of hydrogen-bond donors (Lipinski definition) is 1. The molecule has 0 saturated carbocycles. The molecule has 0 saturated heterocycles. The Morgan fingerprint density at radius 1 is 1.08 bits per heavy atom. The minimum absolute atomic E-state index is 0.153. The van der Waals surface area contributed by atoms with Gasteiger partial charge >= 0.3 is 0 Å². The highest BCUT2D eigenvalue weighted by Crippen LogP contribution is 2.20. The summed E-state index contributed by atoms with van der Waals surface area (Å²) in [6.45, 7) is 1.59. The lowest BCUT2D eigenvalue weighted by Crippen LogP contribution is -2.14. The second kappa shape index (κ2) is 6.19. The molecule has 0 aliphatic heterocycles. The van der Waals surface area contributed by atoms with Gasteiger partial charge in [-0.3, -0.25) is 4.79 Å². The molecule has 0 aliphatic carbocycles. The number of para-hydroxylation sites is 1. The first-order valence-electron chi connectivity index (χ1n) is 7.03. The monoisotopic (exact) mass is 331 g/mol. The molecule has 0 aliphatic rings. The number of amides is 1. The zero-order valence-corrected chi connectivity index (χ0v) is 12.6. The van der Waals surface area contributed by atoms with E-state index in [9.17, 15) is 18.0 Å². The van der Waals surface area contributed by atoms with E-state index in [0.29, 0.717) is 11.8 Å². The van der Waals surface area contributed by atoms with Crippen molar-refractivity contribution >= 4 is 11.6 Å². The maximum absolute atomic E-state index is 13.9. The van der Waals surface area contributed by atoms with Gasteiger partial charge in [-0.1, -0.05) is 12.1 Å². The molecular weight excluding hydrogens is 319 g/mol. The SMILES string of the molecule is Cc1c(C(=O)Nc2ccc(F)cc2F)cnn1-c1ccccc1F. The van der Waals surface area contributed by atoms with Crippen molar-refractivity contribution in [2.45, 2.75) is 6.92 Å². The zero-order valence-electron chi connectivity index (χ0n) is 12.6. The molecule has 0 spiro atoms. The Hall–Kier alpha value is -3.09. The molecule has 7 heteroatoms. The third kappa shape index (κ3) is 2.88. The second-order valence-electron chi connectivity index (χ2n) is 5.09. The highest BCUT2D eigenvalue weighted by molar-refractivity contribution is 6.05. The summed E-state index contributed by atoms with van der Waals surface area (Å²) < 4.78 is 41.7. The number of rotatable bonds is 3. The summed E-state index contributed by atoms with van der Waals surface area (Å²) in [5, 5.41) is 6.35. The molecule has 0 unspecified atom stereocenters. The van der Waals surface area contributed by atoms with Gasteiger partial charge in [0.05, 0.1) is 23.1 Å². The van der Waals surface area contributed by atoms with Crippen LogP contribution in [-0.4, -0.2) is 15.7 Å². The summed E-state index contributed by atoms with van der Waals surface area (Å²) >= 11 is 0. The van der Waals surface area contributed by atoms with Crippen molar-refractivity contribution in [1.29, 1.82) is 0 Å². The number of nitrogens with zero attached hydrogens (tertiary/aromatic N) is 2. The van der Waals surface area contributed by atoms with Crippen LogP contribution in [0.25, 0.3) is 5.69 Å². The molecule has 1 amide bonds. The normalized spacial score (nSPS) is 10.7. The molecule has 2 aromatic carbocycles. The molecule has 0 radical (unpaired) electrons. The lowest BCUT2D eigenvalue weighted by Gasteiger charge is -2.08. The molecular formula is C17H12F3N3O. The van der Waals surface area contributed by atoms with E-state index < -0.39 is 23.4 Å². The van der Waals surface area contributed by atoms with Crippen molar-refractivity contribution in [1.82, 2.24) is 9.78 Å². The van der Waals surface area contributed by atoms with Gasteiger partial charge in [-0.25, -0.2) is 17.9 Å². The Labute approximate surface area is 135 Å². The largest absolute Gasteiger partial charge is 0.319 e. The number of halogens is 3. The lowest BCUT2D eigenvalue weighted by molar-refractivity contribution is 0.102. The summed E-state index contributed by atoms with van der Waals surface area (Å²) in [6, 6.07) is 8.83. The van der Waals surface area contributed by atoms with Crippen LogP contribution in [0.3, 0.4) is 0 Å². The number of carbonyl (C=O) groups excluding carboxylic acids is 1. The number of carbonyl (C=O) groups is 1. The lowest BCUT2D eigenvalue weighted by atomic mass is 10.2. The quantitative estimate of drug-likeness (QED) is 0.792. The summed E-state index contributed by atoms with van der Waals surface area (Å²) in [6.07, 6.45) is 1.26. The maximum atomic E-state index is 13.9. The molecule has 3 aromatic rings. The molecule has 0 fully saturated rings. The van der Waals surface area contributed by atoms with E-state index in [2.05, 4.69) is 10.4 Å². The van der Waals surface area contributed by atoms with E-state index in [4.69, 9.17) is 0 Å². The molecule has 1 heterocycles. The van der Waals surface area contributed by atoms with Crippen LogP contribution in [0.1, 0.15) is 16.1 Å². The minimum atomic E-state index is -0.887. The van der Waals surface area contributed by atoms with Gasteiger partial charge in [-0.2, -0.15) is 5.10 Å². The second-order valence-corrected chi connectivity index (χ2v) is 5.09. The van der Waals surface area contributed by atoms with E-state index >= 15 is 0 Å². The van der Waals surface area contributed by atoms with E-state index in [1.165, 1.54) is 23.0 Å². The first kappa shape index (κ1) is 15.8. The number of anilines is 1. The predicted molar refractivity (Wildman–Crippen MR) is 82.6 cm³/mol. The van der Waals surface area contributed by atoms with Gasteiger partial charge in [0.1, 0.15) is 23.1 Å². The fourth-order valence-electron chi connectivity index (χ4n) is 2.28. The number of hydrogen-bond acceptors (Lipinski definition) is 2. The first-order valence-corrected chi connectivity index (χ1v) is 7.03. The third-order valence-electron chi connectivity index (χ3n) is 3.51. The minimum Gasteiger partial charge on any atom is -0.319 e. The topological polar surface area (TPSA) is 46.9 Å². The van der Waals surface area contributed by atoms with Crippen LogP contribution in [0.4, 0.5) is 18.9 Å². The summed E-state index contributed by atoms with van der Waals surface area (Å²) in [5.41, 5.74) is 0.587. The van der Waals surface area contributed by atoms with E-state index in [1.54, 1.807) is 19.1 Å². The molecule has 122 valence electrons. The van der Waals surface area contributed by atoms with Crippen molar-refractivity contribution in [3.05, 3.63) is 77.4 Å². The van der Waals surface area contributed by atoms with E-state index in [0.717, 1.165) is 12.1 Å². The van der Waals surface area contributed by atoms with E-state index in [-0.39, 0.29) is 16.9 Å². The van der Waals surface area contributed by atoms with Gasteiger partial charge in [0.2, 0.25) is 0 Å². The summed E-state index contributed by atoms with van der Waals surface area (Å²) in [7, 11) is 0. The zero-order chi connectivity index (χ0) is 17.3. The van der Waals surface area contributed by atoms with E-state index in [1.807, 2.05) is 0 Å². The average molecular weight is 331 g/mol. The van der Waals surface area contributed by atoms with Gasteiger partial charge in [-0.15, -0.1) is 0 Å². The third-order valence-corrected chi connectivity index (χ3v) is 3.51. The van der Waals surface area contributed by atoms with Crippen LogP contribution in [-0.2, 0) is 0 Å². The van der Waals surface area contributed by atoms with Crippen LogP contribution < -0.4 is 5.32 Å². The Morgan fingerprint density at radius 2 is 1.83 bits per heavy atom. The summed E-state index contributed by atoms with van der Waals surface area (Å²) in [4.78, 5) is 12.3. The fraction of sp³-hybridized carbons (Fsp3) is 0.0588. The molecule has 0 bridgehead atoms. The van der Waals surface area contributed by atoms with Gasteiger partial charge in [0, 0.05) is 6.07 Å². The summed E-state index contributed by atoms with van der Waals surface area (Å²) in [5.74, 6) is -2.74. The van der Waals surface area contributed by atoms with Crippen molar-refractivity contribution in [2.24, 2.45) is 0 Å². The number of benzene rings is 2. The molecule has 1 aromatic heterocycles. The Kier molecular flexibility index (Phi) is 4.07. The Morgan fingerprint density at radius 3 is 2.54 bits per heavy atom. The van der Waals surface area contributed by atoms with Gasteiger partial charge in [0.15, 0.2) is 0 Å². The molecule has 24 heavy (non-hydrogen) atoms. The van der Waals surface area contributed by atoms with Crippen molar-refractivity contribution < 1.29 is 18.0 Å². The number of aromatic nitrogens is 2. The van der Waals surface area contributed by atoms with Crippen LogP contribution in [0.5, 0.6) is 0 Å². The van der Waals surface area contributed by atoms with Crippen molar-refractivity contribution in [3.8, 4) is 5.69 Å². The Balaban J connectivity index is 1.91. The van der Waals surface area contributed by atoms with Crippen LogP contribution in [0.15, 0.2) is 48.7 Å². The maximum Gasteiger partial charge on any atom is 0.259 e. The first-order chi connectivity index (χ1) is 11.5. The van der Waals surface area contributed by atoms with Crippen LogP contribution in [0, 0.1) is 24.4 Å². The molecule has 1 N–H and O–H groups in total. The van der Waals surface area contributed by atoms with Gasteiger partial charge < -0.3 is 5.32 Å². The predicted octanol–water partition coefficient (Wildman–Crippen LogP) is 3.85. The van der Waals surface area contributed by atoms with Crippen molar-refractivity contribution in [3.63, 3.8) is 0 Å². The standard InChI is InChI=1S/C17H12F3N3O/c1-10-12(9-21-23(10)16-5-3-2-4-13(16)19)17(24)22-15-7-6-11(18)8-14(15)20/h2-9H,1H3,(H,22,24). The van der Waals surface area contributed by atoms with Crippen LogP contribution in [0.2, 0.25) is 0 Å². The average Bonchev–Trinajstić information content (AvgIpc) is 2.92. The fourth-order valence-corrected chi connectivity index (χ4v) is 2.28. The highest BCUT2D eigenvalue weighted by atomic mass is 19.1. The van der Waals surface area contributed by atoms with Crippen molar-refractivity contribution in [2.75, 3.05) is 5.32 Å². The van der Waals surface area contributed by atoms with Crippen LogP contribution >= 0.6 is 0 Å². The van der Waals surface area contributed by atoms with Gasteiger partial charge in [-0.05, 0) is 31.2 Å². The Bertz CT molecular complexity index is 921. The molecule has 0 atom stereocenters. The number of nitrogens with one attached hydrogen (secondary N) is 1. The molecule has 3 rings (SSSR count).